The summed E-state index contributed by atoms with van der Waals surface area (Å²) >= 11 is 3.43. The van der Waals surface area contributed by atoms with Gasteiger partial charge >= 0.3 is 6.03 Å². The van der Waals surface area contributed by atoms with Crippen molar-refractivity contribution in [2.75, 3.05) is 16.8 Å². The van der Waals surface area contributed by atoms with Crippen molar-refractivity contribution in [2.45, 2.75) is 51.8 Å². The quantitative estimate of drug-likeness (QED) is 0.523. The van der Waals surface area contributed by atoms with Crippen molar-refractivity contribution >= 4 is 39.2 Å². The largest absolute Gasteiger partial charge is 0.494 e. The summed E-state index contributed by atoms with van der Waals surface area (Å²) in [6.07, 6.45) is 2.97. The molecule has 8 heteroatoms. The molecule has 1 aliphatic heterocycles. The summed E-state index contributed by atoms with van der Waals surface area (Å²) in [5.41, 5.74) is -1.15. The SMILES string of the molecule is CCOc1ccc(N2C(=O)Nc3ccc(Br)cc3[C@@]2(O)C(=O)N[C@H]2CCC[C@@H](C)[C@@H]2C)cc1. The second-order valence-electron chi connectivity index (χ2n) is 8.90. The molecule has 1 saturated carbocycles. The van der Waals surface area contributed by atoms with Crippen molar-refractivity contribution in [3.63, 3.8) is 0 Å². The van der Waals surface area contributed by atoms with Crippen LogP contribution in [0.1, 0.15) is 45.6 Å². The molecule has 0 unspecified atom stereocenters. The Morgan fingerprint density at radius 2 is 1.97 bits per heavy atom. The molecule has 176 valence electrons. The molecule has 7 nitrogen and oxygen atoms in total. The molecule has 0 spiro atoms. The number of nitrogens with one attached hydrogen (secondary N) is 2. The Morgan fingerprint density at radius 3 is 2.67 bits per heavy atom. The summed E-state index contributed by atoms with van der Waals surface area (Å²) in [4.78, 5) is 28.1. The van der Waals surface area contributed by atoms with Crippen molar-refractivity contribution in [3.8, 4) is 5.75 Å². The average molecular weight is 516 g/mol. The number of carbonyl (C=O) groups excluding carboxylic acids is 2. The van der Waals surface area contributed by atoms with Crippen LogP contribution in [0.25, 0.3) is 0 Å². The average Bonchev–Trinajstić information content (AvgIpc) is 2.79. The van der Waals surface area contributed by atoms with Gasteiger partial charge in [0.05, 0.1) is 12.3 Å². The first-order valence-electron chi connectivity index (χ1n) is 11.4. The first-order valence-corrected chi connectivity index (χ1v) is 12.2. The Morgan fingerprint density at radius 1 is 1.24 bits per heavy atom. The molecule has 2 aromatic rings. The lowest BCUT2D eigenvalue weighted by molar-refractivity contribution is -0.141. The molecule has 4 atom stereocenters. The number of carbonyl (C=O) groups is 2. The van der Waals surface area contributed by atoms with Crippen LogP contribution in [0.4, 0.5) is 16.2 Å². The lowest BCUT2D eigenvalue weighted by Crippen LogP contribution is -2.64. The Bertz CT molecular complexity index is 1040. The predicted octanol–water partition coefficient (Wildman–Crippen LogP) is 4.99. The van der Waals surface area contributed by atoms with E-state index >= 15 is 0 Å². The first kappa shape index (κ1) is 23.6. The molecule has 0 aromatic heterocycles. The van der Waals surface area contributed by atoms with E-state index in [4.69, 9.17) is 4.74 Å². The van der Waals surface area contributed by atoms with E-state index in [2.05, 4.69) is 40.4 Å². The number of ether oxygens (including phenoxy) is 1. The van der Waals surface area contributed by atoms with Gasteiger partial charge in [-0.05, 0) is 67.6 Å². The van der Waals surface area contributed by atoms with Crippen LogP contribution in [-0.2, 0) is 10.5 Å². The number of urea groups is 1. The second kappa shape index (κ2) is 9.35. The van der Waals surface area contributed by atoms with Crippen LogP contribution >= 0.6 is 15.9 Å². The molecule has 3 N–H and O–H groups in total. The maximum atomic E-state index is 13.8. The molecular formula is C25H30BrN3O4. The Kier molecular flexibility index (Phi) is 6.68. The summed E-state index contributed by atoms with van der Waals surface area (Å²) in [6.45, 7) is 6.71. The lowest BCUT2D eigenvalue weighted by Gasteiger charge is -2.44. The fraction of sp³-hybridized carbons (Fsp3) is 0.440. The summed E-state index contributed by atoms with van der Waals surface area (Å²) in [6, 6.07) is 11.2. The van der Waals surface area contributed by atoms with Gasteiger partial charge in [0.15, 0.2) is 0 Å². The maximum Gasteiger partial charge on any atom is 0.329 e. The van der Waals surface area contributed by atoms with Gasteiger partial charge in [-0.3, -0.25) is 9.69 Å². The van der Waals surface area contributed by atoms with E-state index < -0.39 is 17.7 Å². The maximum absolute atomic E-state index is 13.8. The fourth-order valence-electron chi connectivity index (χ4n) is 4.79. The van der Waals surface area contributed by atoms with Crippen molar-refractivity contribution in [2.24, 2.45) is 11.8 Å². The Balaban J connectivity index is 1.77. The van der Waals surface area contributed by atoms with Crippen molar-refractivity contribution in [3.05, 3.63) is 52.5 Å². The number of amides is 3. The molecule has 4 rings (SSSR count). The zero-order chi connectivity index (χ0) is 23.8. The summed E-state index contributed by atoms with van der Waals surface area (Å²) in [5, 5.41) is 17.9. The minimum Gasteiger partial charge on any atom is -0.494 e. The number of aliphatic hydroxyl groups is 1. The smallest absolute Gasteiger partial charge is 0.329 e. The number of nitrogens with zero attached hydrogens (tertiary/aromatic N) is 1. The monoisotopic (exact) mass is 515 g/mol. The van der Waals surface area contributed by atoms with E-state index in [1.807, 2.05) is 6.92 Å². The highest BCUT2D eigenvalue weighted by Crippen LogP contribution is 2.42. The predicted molar refractivity (Wildman–Crippen MR) is 131 cm³/mol. The van der Waals surface area contributed by atoms with Gasteiger partial charge in [-0.2, -0.15) is 0 Å². The zero-order valence-corrected chi connectivity index (χ0v) is 20.7. The molecule has 3 amide bonds. The van der Waals surface area contributed by atoms with Crippen LogP contribution in [0.3, 0.4) is 0 Å². The number of fused-ring (bicyclic) bond motifs is 1. The molecule has 1 fully saturated rings. The minimum absolute atomic E-state index is 0.0759. The lowest BCUT2D eigenvalue weighted by atomic mass is 9.78. The first-order chi connectivity index (χ1) is 15.8. The number of halogens is 1. The normalized spacial score (nSPS) is 26.9. The number of anilines is 2. The third-order valence-corrected chi connectivity index (χ3v) is 7.36. The van der Waals surface area contributed by atoms with Crippen LogP contribution in [0.15, 0.2) is 46.9 Å². The van der Waals surface area contributed by atoms with Crippen molar-refractivity contribution in [1.82, 2.24) is 5.32 Å². The standard InChI is InChI=1S/C25H30BrN3O4/c1-4-33-19-11-9-18(10-12-19)29-24(31)28-22-13-8-17(26)14-20(22)25(29,32)23(30)27-21-7-5-6-15(2)16(21)3/h8-16,21,32H,4-7H2,1-3H3,(H,27,30)(H,28,31)/t15-,16+,21+,25-/m1/s1. The third kappa shape index (κ3) is 4.34. The molecule has 2 aliphatic rings. The molecule has 0 radical (unpaired) electrons. The van der Waals surface area contributed by atoms with Gasteiger partial charge in [0.1, 0.15) is 5.75 Å². The minimum atomic E-state index is -2.23. The van der Waals surface area contributed by atoms with Gasteiger partial charge in [-0.1, -0.05) is 42.6 Å². The number of benzene rings is 2. The summed E-state index contributed by atoms with van der Waals surface area (Å²) in [5.74, 6) is 0.762. The topological polar surface area (TPSA) is 90.9 Å². The highest BCUT2D eigenvalue weighted by atomic mass is 79.9. The van der Waals surface area contributed by atoms with Gasteiger partial charge in [0.2, 0.25) is 0 Å². The van der Waals surface area contributed by atoms with Crippen LogP contribution in [0.5, 0.6) is 5.75 Å². The van der Waals surface area contributed by atoms with Crippen LogP contribution in [-0.4, -0.2) is 29.7 Å². The molecular weight excluding hydrogens is 486 g/mol. The second-order valence-corrected chi connectivity index (χ2v) is 9.82. The Hall–Kier alpha value is -2.58. The number of hydrogen-bond acceptors (Lipinski definition) is 4. The Labute approximate surface area is 202 Å². The third-order valence-electron chi connectivity index (χ3n) is 6.87. The highest BCUT2D eigenvalue weighted by molar-refractivity contribution is 9.10. The van der Waals surface area contributed by atoms with Gasteiger partial charge in [0, 0.05) is 21.8 Å². The molecule has 33 heavy (non-hydrogen) atoms. The molecule has 0 bridgehead atoms. The van der Waals surface area contributed by atoms with Crippen molar-refractivity contribution in [1.29, 1.82) is 0 Å². The van der Waals surface area contributed by atoms with Crippen LogP contribution in [0, 0.1) is 11.8 Å². The molecule has 0 saturated heterocycles. The van der Waals surface area contributed by atoms with E-state index in [1.54, 1.807) is 42.5 Å². The summed E-state index contributed by atoms with van der Waals surface area (Å²) < 4.78 is 6.19. The van der Waals surface area contributed by atoms with Gasteiger partial charge < -0.3 is 20.5 Å². The zero-order valence-electron chi connectivity index (χ0n) is 19.1. The van der Waals surface area contributed by atoms with E-state index in [9.17, 15) is 14.7 Å². The highest BCUT2D eigenvalue weighted by Gasteiger charge is 2.53. The van der Waals surface area contributed by atoms with Gasteiger partial charge in [-0.25, -0.2) is 4.79 Å². The number of rotatable bonds is 5. The van der Waals surface area contributed by atoms with E-state index in [0.717, 1.165) is 24.2 Å². The van der Waals surface area contributed by atoms with Gasteiger partial charge in [-0.15, -0.1) is 0 Å². The van der Waals surface area contributed by atoms with E-state index in [1.165, 1.54) is 0 Å². The van der Waals surface area contributed by atoms with Crippen LogP contribution < -0.4 is 20.3 Å². The molecule has 1 aliphatic carbocycles. The van der Waals surface area contributed by atoms with Gasteiger partial charge in [0.25, 0.3) is 11.6 Å². The van der Waals surface area contributed by atoms with Crippen LogP contribution in [0.2, 0.25) is 0 Å². The van der Waals surface area contributed by atoms with E-state index in [0.29, 0.717) is 39.7 Å². The summed E-state index contributed by atoms with van der Waals surface area (Å²) in [7, 11) is 0. The van der Waals surface area contributed by atoms with E-state index in [-0.39, 0.29) is 12.0 Å². The molecule has 2 aromatic carbocycles. The molecule has 1 heterocycles. The number of hydrogen-bond donors (Lipinski definition) is 3. The van der Waals surface area contributed by atoms with Crippen molar-refractivity contribution < 1.29 is 19.4 Å². The fourth-order valence-corrected chi connectivity index (χ4v) is 5.15.